The van der Waals surface area contributed by atoms with Crippen LogP contribution in [0.5, 0.6) is 0 Å². The van der Waals surface area contributed by atoms with Crippen LogP contribution >= 0.6 is 0 Å². The second-order valence-corrected chi connectivity index (χ2v) is 9.88. The van der Waals surface area contributed by atoms with Crippen LogP contribution in [-0.4, -0.2) is 54.8 Å². The van der Waals surface area contributed by atoms with Gasteiger partial charge >= 0.3 is 0 Å². The molecule has 3 saturated heterocycles. The Morgan fingerprint density at radius 1 is 1.36 bits per heavy atom. The molecule has 4 nitrogen and oxygen atoms in total. The Morgan fingerprint density at radius 3 is 3.14 bits per heavy atom. The number of hydrogen-bond acceptors (Lipinski definition) is 2. The molecule has 0 radical (unpaired) electrons. The van der Waals surface area contributed by atoms with E-state index in [4.69, 9.17) is 4.74 Å². The Balaban J connectivity index is 1.54. The Bertz CT molecular complexity index is 954. The number of carbonyl (C=O) groups is 1. The molecule has 6 aliphatic rings. The number of amides is 1. The summed E-state index contributed by atoms with van der Waals surface area (Å²) in [4.78, 5) is 15.6. The lowest BCUT2D eigenvalue weighted by Gasteiger charge is -2.60. The largest absolute Gasteiger partial charge is 0.373 e. The van der Waals surface area contributed by atoms with Crippen molar-refractivity contribution < 1.29 is 14.0 Å². The van der Waals surface area contributed by atoms with E-state index < -0.39 is 0 Å². The number of nitrogens with zero attached hydrogens (tertiary/aromatic N) is 2. The Kier molecular flexibility index (Phi) is 2.83. The molecule has 5 aliphatic heterocycles. The molecule has 0 N–H and O–H groups in total. The molecule has 2 bridgehead atoms. The van der Waals surface area contributed by atoms with E-state index in [2.05, 4.69) is 47.9 Å². The number of quaternary nitrogens is 1. The molecule has 4 fully saturated rings. The molecule has 5 heterocycles. The fourth-order valence-corrected chi connectivity index (χ4v) is 8.49. The SMILES string of the molecule is C=CC[N+]12CC[C@@]34c5ccccc5N5C(=O)CC6OCC=C(C1)[C@H](C[C@@H]32)[C@@H]6C54. The topological polar surface area (TPSA) is 29.5 Å². The molecular weight excluding hydrogens is 348 g/mol. The number of anilines is 1. The van der Waals surface area contributed by atoms with E-state index in [1.54, 1.807) is 5.57 Å². The monoisotopic (exact) mass is 375 g/mol. The number of ether oxygens (including phenoxy) is 1. The minimum atomic E-state index is 0.0830. The number of fused-ring (bicyclic) bond motifs is 2. The van der Waals surface area contributed by atoms with Crippen molar-refractivity contribution >= 4 is 11.6 Å². The average Bonchev–Trinajstić information content (AvgIpc) is 3.13. The van der Waals surface area contributed by atoms with Crippen LogP contribution < -0.4 is 4.90 Å². The smallest absolute Gasteiger partial charge is 0.229 e. The summed E-state index contributed by atoms with van der Waals surface area (Å²) in [6.07, 6.45) is 7.55. The molecule has 1 aliphatic carbocycles. The van der Waals surface area contributed by atoms with Crippen LogP contribution in [0.3, 0.4) is 0 Å². The summed E-state index contributed by atoms with van der Waals surface area (Å²) in [6, 6.07) is 9.66. The third kappa shape index (κ3) is 1.55. The van der Waals surface area contributed by atoms with Crippen molar-refractivity contribution in [2.24, 2.45) is 11.8 Å². The van der Waals surface area contributed by atoms with Gasteiger partial charge in [-0.05, 0) is 29.2 Å². The normalized spacial score (nSPS) is 46.7. The van der Waals surface area contributed by atoms with Gasteiger partial charge in [0.2, 0.25) is 5.91 Å². The highest BCUT2D eigenvalue weighted by Crippen LogP contribution is 2.67. The van der Waals surface area contributed by atoms with Crippen LogP contribution in [0.15, 0.2) is 48.6 Å². The maximum Gasteiger partial charge on any atom is 0.229 e. The van der Waals surface area contributed by atoms with Crippen LogP contribution in [0.4, 0.5) is 5.69 Å². The zero-order chi connectivity index (χ0) is 18.7. The minimum Gasteiger partial charge on any atom is -0.373 e. The second-order valence-electron chi connectivity index (χ2n) is 9.88. The van der Waals surface area contributed by atoms with E-state index in [1.165, 1.54) is 30.6 Å². The lowest BCUT2D eigenvalue weighted by molar-refractivity contribution is -0.937. The number of benzene rings is 1. The Morgan fingerprint density at radius 2 is 2.25 bits per heavy atom. The molecule has 0 aromatic heterocycles. The number of carbonyl (C=O) groups excluding carboxylic acids is 1. The standard InChI is InChI=1S/C24H27N2O2/c1-2-9-26-10-8-24-17-5-3-4-6-18(17)25-21(27)13-19-22(23(24)25)16(12-20(24)26)15(14-26)7-11-28-19/h2-7,16,19-20,22-23H,1,8-14H2/q+1/t16-,19?,20-,22-,23?,24+,26?/m0/s1. The predicted molar refractivity (Wildman–Crippen MR) is 107 cm³/mol. The van der Waals surface area contributed by atoms with Gasteiger partial charge in [-0.2, -0.15) is 0 Å². The number of piperidine rings is 2. The third-order valence-electron chi connectivity index (χ3n) is 9.20. The summed E-state index contributed by atoms with van der Waals surface area (Å²) in [5.41, 5.74) is 4.33. The first-order chi connectivity index (χ1) is 13.7. The van der Waals surface area contributed by atoms with E-state index in [-0.39, 0.29) is 23.5 Å². The van der Waals surface area contributed by atoms with E-state index in [0.717, 1.165) is 17.6 Å². The van der Waals surface area contributed by atoms with Crippen molar-refractivity contribution in [1.29, 1.82) is 0 Å². The van der Waals surface area contributed by atoms with Gasteiger partial charge in [-0.1, -0.05) is 30.9 Å². The summed E-state index contributed by atoms with van der Waals surface area (Å²) in [5.74, 6) is 1.29. The van der Waals surface area contributed by atoms with Gasteiger partial charge < -0.3 is 14.1 Å². The van der Waals surface area contributed by atoms with E-state index in [9.17, 15) is 4.79 Å². The lowest BCUT2D eigenvalue weighted by Crippen LogP contribution is -2.72. The third-order valence-corrected chi connectivity index (χ3v) is 9.20. The lowest BCUT2D eigenvalue weighted by atomic mass is 9.53. The van der Waals surface area contributed by atoms with Crippen molar-refractivity contribution in [3.05, 3.63) is 54.1 Å². The molecule has 4 heteroatoms. The molecule has 7 atom stereocenters. The highest BCUT2D eigenvalue weighted by atomic mass is 16.5. The first-order valence-corrected chi connectivity index (χ1v) is 10.9. The van der Waals surface area contributed by atoms with Crippen molar-refractivity contribution in [2.45, 2.75) is 42.9 Å². The summed E-state index contributed by atoms with van der Waals surface area (Å²) in [6.45, 7) is 8.18. The molecule has 3 unspecified atom stereocenters. The predicted octanol–water partition coefficient (Wildman–Crippen LogP) is 2.79. The average molecular weight is 375 g/mol. The molecule has 1 amide bonds. The maximum atomic E-state index is 13.4. The molecule has 1 aromatic carbocycles. The van der Waals surface area contributed by atoms with Crippen molar-refractivity contribution in [1.82, 2.24) is 0 Å². The Hall–Kier alpha value is -1.91. The van der Waals surface area contributed by atoms with Gasteiger partial charge in [0.15, 0.2) is 0 Å². The first-order valence-electron chi connectivity index (χ1n) is 10.9. The highest BCUT2D eigenvalue weighted by molar-refractivity contribution is 5.99. The molecule has 1 spiro atoms. The first kappa shape index (κ1) is 15.9. The van der Waals surface area contributed by atoms with Crippen LogP contribution in [-0.2, 0) is 14.9 Å². The molecule has 144 valence electrons. The minimum absolute atomic E-state index is 0.0830. The second kappa shape index (κ2) is 4.98. The molecule has 1 saturated carbocycles. The molecule has 7 rings (SSSR count). The molecular formula is C24H27N2O2+. The van der Waals surface area contributed by atoms with Gasteiger partial charge in [-0.3, -0.25) is 4.79 Å². The van der Waals surface area contributed by atoms with Gasteiger partial charge in [0.05, 0.1) is 43.7 Å². The van der Waals surface area contributed by atoms with Crippen LogP contribution in [0, 0.1) is 11.8 Å². The van der Waals surface area contributed by atoms with Crippen molar-refractivity contribution in [2.75, 3.05) is 31.1 Å². The maximum absolute atomic E-state index is 13.4. The van der Waals surface area contributed by atoms with E-state index in [0.29, 0.717) is 30.9 Å². The van der Waals surface area contributed by atoms with Gasteiger partial charge in [0.25, 0.3) is 0 Å². The van der Waals surface area contributed by atoms with Crippen LogP contribution in [0.1, 0.15) is 24.8 Å². The zero-order valence-electron chi connectivity index (χ0n) is 16.2. The highest BCUT2D eigenvalue weighted by Gasteiger charge is 2.75. The van der Waals surface area contributed by atoms with Crippen molar-refractivity contribution in [3.8, 4) is 0 Å². The Labute approximate surface area is 166 Å². The number of hydrogen-bond donors (Lipinski definition) is 0. The fraction of sp³-hybridized carbons (Fsp3) is 0.542. The summed E-state index contributed by atoms with van der Waals surface area (Å²) in [5, 5.41) is 0. The van der Waals surface area contributed by atoms with Crippen LogP contribution in [0.2, 0.25) is 0 Å². The molecule has 28 heavy (non-hydrogen) atoms. The summed E-state index contributed by atoms with van der Waals surface area (Å²) >= 11 is 0. The number of para-hydroxylation sites is 1. The summed E-state index contributed by atoms with van der Waals surface area (Å²) < 4.78 is 7.47. The quantitative estimate of drug-likeness (QED) is 0.588. The van der Waals surface area contributed by atoms with Gasteiger partial charge in [0, 0.05) is 24.4 Å². The van der Waals surface area contributed by atoms with Gasteiger partial charge in [-0.15, -0.1) is 0 Å². The van der Waals surface area contributed by atoms with Crippen molar-refractivity contribution in [3.63, 3.8) is 0 Å². The molecule has 1 aromatic rings. The van der Waals surface area contributed by atoms with Gasteiger partial charge in [-0.25, -0.2) is 0 Å². The van der Waals surface area contributed by atoms with E-state index >= 15 is 0 Å². The van der Waals surface area contributed by atoms with E-state index in [1.807, 2.05) is 0 Å². The summed E-state index contributed by atoms with van der Waals surface area (Å²) in [7, 11) is 0. The zero-order valence-corrected chi connectivity index (χ0v) is 16.2. The van der Waals surface area contributed by atoms with Crippen LogP contribution in [0.25, 0.3) is 0 Å². The van der Waals surface area contributed by atoms with Gasteiger partial charge in [0.1, 0.15) is 12.6 Å². The fourth-order valence-electron chi connectivity index (χ4n) is 8.49. The number of rotatable bonds is 2.